The number of benzene rings is 3. The van der Waals surface area contributed by atoms with Gasteiger partial charge in [-0.3, -0.25) is 0 Å². The zero-order valence-corrected chi connectivity index (χ0v) is 23.1. The molecule has 4 rings (SSSR count). The van der Waals surface area contributed by atoms with Crippen LogP contribution in [0.5, 0.6) is 17.2 Å². The van der Waals surface area contributed by atoms with Gasteiger partial charge in [0.25, 0.3) is 0 Å². The Morgan fingerprint density at radius 3 is 1.94 bits per heavy atom. The molecule has 0 saturated carbocycles. The molecule has 7 nitrogen and oxygen atoms in total. The van der Waals surface area contributed by atoms with Gasteiger partial charge < -0.3 is 24.1 Å². The van der Waals surface area contributed by atoms with E-state index < -0.39 is 27.8 Å². The van der Waals surface area contributed by atoms with Crippen LogP contribution in [-0.4, -0.2) is 31.1 Å². The molecule has 0 aliphatic carbocycles. The fourth-order valence-electron chi connectivity index (χ4n) is 2.96. The van der Waals surface area contributed by atoms with E-state index in [0.717, 1.165) is 16.4 Å². The summed E-state index contributed by atoms with van der Waals surface area (Å²) in [5.74, 6) is -0.0448. The molecule has 0 unspecified atom stereocenters. The Morgan fingerprint density at radius 1 is 0.857 bits per heavy atom. The highest BCUT2D eigenvalue weighted by Gasteiger charge is 2.45. The minimum absolute atomic E-state index is 0.111. The number of aromatic carboxylic acids is 1. The molecule has 1 N–H and O–H groups in total. The number of carboxylic acids is 1. The first kappa shape index (κ1) is 26.1. The number of hydrogen-bond donors (Lipinski definition) is 1. The summed E-state index contributed by atoms with van der Waals surface area (Å²) in [5.41, 5.74) is -0.147. The maximum Gasteiger partial charge on any atom is 0.516 e. The van der Waals surface area contributed by atoms with Crippen LogP contribution < -0.4 is 24.8 Å². The Balaban J connectivity index is 1.29. The number of hydrogen-bond acceptors (Lipinski definition) is 10. The van der Waals surface area contributed by atoms with E-state index in [1.54, 1.807) is 47.3 Å². The van der Waals surface area contributed by atoms with Crippen LogP contribution in [0.2, 0.25) is 0 Å². The van der Waals surface area contributed by atoms with Crippen LogP contribution >= 0.6 is 30.9 Å². The molecule has 0 spiro atoms. The lowest BCUT2D eigenvalue weighted by Crippen LogP contribution is -2.16. The van der Waals surface area contributed by atoms with Gasteiger partial charge in [-0.1, -0.05) is 57.7 Å². The van der Waals surface area contributed by atoms with Crippen LogP contribution in [0.1, 0.15) is 10.4 Å². The molecule has 3 aromatic carbocycles. The summed E-state index contributed by atoms with van der Waals surface area (Å²) >= 11 is 15.4. The maximum absolute atomic E-state index is 11.9. The van der Waals surface area contributed by atoms with Crippen molar-refractivity contribution in [1.82, 2.24) is 0 Å². The van der Waals surface area contributed by atoms with Gasteiger partial charge in [-0.05, 0) is 60.7 Å². The fourth-order valence-corrected chi connectivity index (χ4v) is 45.2. The summed E-state index contributed by atoms with van der Waals surface area (Å²) in [6.07, 6.45) is -1.07. The van der Waals surface area contributed by atoms with Gasteiger partial charge >= 0.3 is 12.1 Å². The zero-order chi connectivity index (χ0) is 25.1. The molecule has 182 valence electrons. The van der Waals surface area contributed by atoms with Crippen LogP contribution in [0.4, 0.5) is 4.79 Å². The number of rotatable bonds is 8. The van der Waals surface area contributed by atoms with Crippen LogP contribution in [0.25, 0.3) is 0 Å². The van der Waals surface area contributed by atoms with Crippen molar-refractivity contribution < 1.29 is 33.6 Å². The van der Waals surface area contributed by atoms with Crippen molar-refractivity contribution in [3.8, 4) is 17.2 Å². The third-order valence-corrected chi connectivity index (χ3v) is 35.9. The molecule has 1 heterocycles. The predicted molar refractivity (Wildman–Crippen MR) is 148 cm³/mol. The quantitative estimate of drug-likeness (QED) is 0.146. The molecule has 1 aliphatic heterocycles. The molecular weight excluding hydrogens is 566 g/mol. The number of carboxylic acid groups (broad SMARTS) is 1. The van der Waals surface area contributed by atoms with E-state index in [0.29, 0.717) is 5.75 Å². The lowest BCUT2D eigenvalue weighted by Gasteiger charge is -2.40. The topological polar surface area (TPSA) is 91.3 Å². The molecule has 1 saturated heterocycles. The monoisotopic (exact) mass is 584 g/mol. The van der Waals surface area contributed by atoms with Crippen molar-refractivity contribution in [2.75, 3.05) is 13.9 Å². The van der Waals surface area contributed by atoms with Gasteiger partial charge in [0.05, 0.1) is 16.0 Å². The van der Waals surface area contributed by atoms with Crippen LogP contribution in [0, 0.1) is 0 Å². The average Bonchev–Trinajstić information content (AvgIpc) is 2.83. The van der Waals surface area contributed by atoms with E-state index >= 15 is 0 Å². The summed E-state index contributed by atoms with van der Waals surface area (Å²) in [6.45, 7) is -0.399. The molecule has 1 fully saturated rings. The number of ether oxygens (including phenoxy) is 4. The molecule has 0 bridgehead atoms. The lowest BCUT2D eigenvalue weighted by atomic mass is 10.2. The van der Waals surface area contributed by atoms with E-state index in [-0.39, 0.29) is 11.3 Å². The highest BCUT2D eigenvalue weighted by atomic mass is 33.7. The number of carbonyl (C=O) groups is 2. The highest BCUT2D eigenvalue weighted by Crippen LogP contribution is 3.04. The van der Waals surface area contributed by atoms with Crippen molar-refractivity contribution in [2.24, 2.45) is 0 Å². The summed E-state index contributed by atoms with van der Waals surface area (Å²) < 4.78 is 16.8. The lowest BCUT2D eigenvalue weighted by molar-refractivity contribution is 0.0309. The second-order valence-corrected chi connectivity index (χ2v) is 28.2. The van der Waals surface area contributed by atoms with E-state index in [2.05, 4.69) is 0 Å². The summed E-state index contributed by atoms with van der Waals surface area (Å²) in [5, 5.41) is 11.3. The average molecular weight is 585 g/mol. The van der Waals surface area contributed by atoms with E-state index in [1.165, 1.54) is 18.2 Å². The Hall–Kier alpha value is -2.00. The van der Waals surface area contributed by atoms with Gasteiger partial charge in [0.2, 0.25) is 6.79 Å². The third-order valence-electron chi connectivity index (χ3n) is 4.68. The number of methoxy groups -OCH3 is 1. The van der Waals surface area contributed by atoms with E-state index in [9.17, 15) is 9.59 Å². The van der Waals surface area contributed by atoms with Gasteiger partial charge in [0.1, 0.15) is 22.8 Å². The minimum Gasteiger partial charge on any atom is -0.497 e. The Bertz CT molecular complexity index is 1330. The molecular formula is C22H18O7P2S4. The van der Waals surface area contributed by atoms with Gasteiger partial charge in [-0.25, -0.2) is 9.59 Å². The van der Waals surface area contributed by atoms with Gasteiger partial charge in [0, 0.05) is 10.6 Å². The van der Waals surface area contributed by atoms with Crippen molar-refractivity contribution in [2.45, 2.75) is 0 Å². The van der Waals surface area contributed by atoms with Gasteiger partial charge in [0.15, 0.2) is 0 Å². The SMILES string of the molecule is COc1ccc(P2(=S)SP(=S)(c3ccc(OCOC(=O)Oc4ccccc4C(=O)O)cc3)S2)cc1. The highest BCUT2D eigenvalue weighted by molar-refractivity contribution is 9.48. The van der Waals surface area contributed by atoms with E-state index in [1.807, 2.05) is 36.4 Å². The summed E-state index contributed by atoms with van der Waals surface area (Å²) in [6, 6.07) is 21.0. The first-order valence-electron chi connectivity index (χ1n) is 9.90. The molecule has 0 radical (unpaired) electrons. The minimum atomic E-state index is -1.89. The molecule has 13 heteroatoms. The Morgan fingerprint density at radius 2 is 1.40 bits per heavy atom. The summed E-state index contributed by atoms with van der Waals surface area (Å²) in [4.78, 5) is 23.1. The first-order valence-corrected chi connectivity index (χ1v) is 19.6. The van der Waals surface area contributed by atoms with Crippen molar-refractivity contribution in [3.05, 3.63) is 78.4 Å². The van der Waals surface area contributed by atoms with Crippen molar-refractivity contribution >= 4 is 77.2 Å². The maximum atomic E-state index is 11.9. The number of carbonyl (C=O) groups excluding carboxylic acids is 1. The second kappa shape index (κ2) is 10.9. The van der Waals surface area contributed by atoms with Gasteiger partial charge in [-0.2, -0.15) is 0 Å². The van der Waals surface area contributed by atoms with Crippen LogP contribution in [-0.2, 0) is 28.4 Å². The normalized spacial score (nSPS) is 20.8. The molecule has 0 atom stereocenters. The fraction of sp³-hybridized carbons (Fsp3) is 0.0909. The Kier molecular flexibility index (Phi) is 8.16. The molecule has 0 amide bonds. The van der Waals surface area contributed by atoms with Crippen molar-refractivity contribution in [1.29, 1.82) is 0 Å². The first-order chi connectivity index (χ1) is 16.7. The predicted octanol–water partition coefficient (Wildman–Crippen LogP) is 6.00. The van der Waals surface area contributed by atoms with Crippen LogP contribution in [0.15, 0.2) is 72.8 Å². The zero-order valence-electron chi connectivity index (χ0n) is 18.1. The second-order valence-electron chi connectivity index (χ2n) is 6.91. The number of para-hydroxylation sites is 1. The summed E-state index contributed by atoms with van der Waals surface area (Å²) in [7, 11) is 1.63. The molecule has 35 heavy (non-hydrogen) atoms. The van der Waals surface area contributed by atoms with Gasteiger partial charge in [-0.15, -0.1) is 0 Å². The molecule has 1 aliphatic rings. The standard InChI is InChI=1S/C22H18O7P2S4/c1-26-15-6-10-17(11-7-15)30(32)34-31(33,35-30)18-12-8-16(9-13-18)27-14-28-22(25)29-20-5-3-2-4-19(20)21(23)24/h2-13H,14H2,1H3,(H,23,24). The molecule has 3 aromatic rings. The van der Waals surface area contributed by atoms with Crippen LogP contribution in [0.3, 0.4) is 0 Å². The Labute approximate surface area is 219 Å². The molecule has 0 aromatic heterocycles. The third kappa shape index (κ3) is 6.05. The smallest absolute Gasteiger partial charge is 0.497 e. The largest absolute Gasteiger partial charge is 0.516 e. The van der Waals surface area contributed by atoms with Crippen molar-refractivity contribution in [3.63, 3.8) is 0 Å². The van der Waals surface area contributed by atoms with E-state index in [4.69, 9.17) is 47.7 Å².